The highest BCUT2D eigenvalue weighted by Gasteiger charge is 2.05. The lowest BCUT2D eigenvalue weighted by Gasteiger charge is -2.10. The van der Waals surface area contributed by atoms with Gasteiger partial charge in [-0.2, -0.15) is 5.26 Å². The average molecular weight is 297 g/mol. The minimum Gasteiger partial charge on any atom is -0.493 e. The molecule has 0 aliphatic heterocycles. The Hall–Kier alpha value is -2.74. The van der Waals surface area contributed by atoms with Crippen LogP contribution in [0.1, 0.15) is 17.5 Å². The number of aromatic nitrogens is 1. The zero-order valence-electron chi connectivity index (χ0n) is 12.8. The van der Waals surface area contributed by atoms with E-state index < -0.39 is 0 Å². The summed E-state index contributed by atoms with van der Waals surface area (Å²) in [4.78, 5) is 4.17. The zero-order chi connectivity index (χ0) is 15.8. The van der Waals surface area contributed by atoms with Gasteiger partial charge in [0.05, 0.1) is 19.8 Å². The van der Waals surface area contributed by atoms with Crippen molar-refractivity contribution in [2.24, 2.45) is 0 Å². The van der Waals surface area contributed by atoms with E-state index in [0.29, 0.717) is 11.4 Å². The third-order valence-electron chi connectivity index (χ3n) is 3.31. The molecule has 22 heavy (non-hydrogen) atoms. The quantitative estimate of drug-likeness (QED) is 0.796. The second kappa shape index (κ2) is 7.89. The molecule has 0 saturated heterocycles. The molecule has 0 radical (unpaired) electrons. The molecule has 2 rings (SSSR count). The first-order valence-corrected chi connectivity index (χ1v) is 7.08. The van der Waals surface area contributed by atoms with Crippen molar-refractivity contribution in [3.8, 4) is 17.6 Å². The van der Waals surface area contributed by atoms with Gasteiger partial charge in [-0.05, 0) is 42.7 Å². The first-order valence-electron chi connectivity index (χ1n) is 7.08. The molecule has 1 aromatic heterocycles. The normalized spacial score (nSPS) is 9.86. The molecule has 0 aliphatic rings. The Balaban J connectivity index is 1.88. The molecule has 5 heteroatoms. The lowest BCUT2D eigenvalue weighted by Crippen LogP contribution is -2.06. The highest BCUT2D eigenvalue weighted by Crippen LogP contribution is 2.27. The highest BCUT2D eigenvalue weighted by molar-refractivity contribution is 5.51. The Labute approximate surface area is 130 Å². The summed E-state index contributed by atoms with van der Waals surface area (Å²) in [7, 11) is 3.26. The van der Waals surface area contributed by atoms with E-state index in [9.17, 15) is 0 Å². The van der Waals surface area contributed by atoms with Gasteiger partial charge in [-0.25, -0.2) is 4.98 Å². The Morgan fingerprint density at radius 2 is 2.00 bits per heavy atom. The largest absolute Gasteiger partial charge is 0.493 e. The van der Waals surface area contributed by atoms with Crippen LogP contribution in [-0.2, 0) is 6.42 Å². The first-order chi connectivity index (χ1) is 10.8. The molecule has 0 atom stereocenters. The maximum atomic E-state index is 9.00. The Morgan fingerprint density at radius 1 is 1.18 bits per heavy atom. The monoisotopic (exact) mass is 297 g/mol. The van der Waals surface area contributed by atoms with Crippen molar-refractivity contribution < 1.29 is 9.47 Å². The molecule has 2 aromatic rings. The van der Waals surface area contributed by atoms with Crippen molar-refractivity contribution in [2.75, 3.05) is 26.1 Å². The summed E-state index contributed by atoms with van der Waals surface area (Å²) in [6, 6.07) is 11.6. The van der Waals surface area contributed by atoms with Crippen LogP contribution in [0.4, 0.5) is 5.82 Å². The van der Waals surface area contributed by atoms with Crippen molar-refractivity contribution in [2.45, 2.75) is 12.8 Å². The SMILES string of the molecule is COc1ccc(CCCNc2ncccc2C#N)cc1OC. The molecular formula is C17H19N3O2. The summed E-state index contributed by atoms with van der Waals surface area (Å²) in [5, 5.41) is 12.2. The Kier molecular flexibility index (Phi) is 5.61. The summed E-state index contributed by atoms with van der Waals surface area (Å²) in [5.74, 6) is 2.11. The fourth-order valence-corrected chi connectivity index (χ4v) is 2.17. The predicted octanol–water partition coefficient (Wildman–Crippen LogP) is 3.02. The van der Waals surface area contributed by atoms with E-state index in [0.717, 1.165) is 30.9 Å². The summed E-state index contributed by atoms with van der Waals surface area (Å²) < 4.78 is 10.5. The zero-order valence-corrected chi connectivity index (χ0v) is 12.8. The van der Waals surface area contributed by atoms with Crippen LogP contribution < -0.4 is 14.8 Å². The molecule has 0 spiro atoms. The third-order valence-corrected chi connectivity index (χ3v) is 3.31. The summed E-state index contributed by atoms with van der Waals surface area (Å²) in [6.07, 6.45) is 3.51. The molecular weight excluding hydrogens is 278 g/mol. The molecule has 1 aromatic carbocycles. The van der Waals surface area contributed by atoms with Crippen LogP contribution in [0, 0.1) is 11.3 Å². The second-order valence-electron chi connectivity index (χ2n) is 4.73. The fraction of sp³-hybridized carbons (Fsp3) is 0.294. The topological polar surface area (TPSA) is 67.2 Å². The molecule has 0 bridgehead atoms. The van der Waals surface area contributed by atoms with E-state index in [1.807, 2.05) is 18.2 Å². The van der Waals surface area contributed by atoms with Crippen LogP contribution in [0.25, 0.3) is 0 Å². The van der Waals surface area contributed by atoms with Gasteiger partial charge >= 0.3 is 0 Å². The van der Waals surface area contributed by atoms with Crippen LogP contribution in [0.5, 0.6) is 11.5 Å². The van der Waals surface area contributed by atoms with E-state index in [4.69, 9.17) is 14.7 Å². The standard InChI is InChI=1S/C17H19N3O2/c1-21-15-8-7-13(11-16(15)22-2)5-3-9-19-17-14(12-18)6-4-10-20-17/h4,6-8,10-11H,3,5,9H2,1-2H3,(H,19,20). The third kappa shape index (κ3) is 3.89. The molecule has 5 nitrogen and oxygen atoms in total. The van der Waals surface area contributed by atoms with Gasteiger partial charge in [0.15, 0.2) is 11.5 Å². The number of pyridine rings is 1. The number of anilines is 1. The van der Waals surface area contributed by atoms with Crippen molar-refractivity contribution >= 4 is 5.82 Å². The van der Waals surface area contributed by atoms with Crippen molar-refractivity contribution in [3.05, 3.63) is 47.7 Å². The molecule has 114 valence electrons. The predicted molar refractivity (Wildman–Crippen MR) is 85.3 cm³/mol. The van der Waals surface area contributed by atoms with Crippen LogP contribution in [-0.4, -0.2) is 25.7 Å². The van der Waals surface area contributed by atoms with Gasteiger partial charge in [-0.1, -0.05) is 6.07 Å². The molecule has 0 saturated carbocycles. The number of aryl methyl sites for hydroxylation is 1. The number of ether oxygens (including phenoxy) is 2. The molecule has 0 unspecified atom stereocenters. The molecule has 1 N–H and O–H groups in total. The van der Waals surface area contributed by atoms with Gasteiger partial charge in [0.1, 0.15) is 11.9 Å². The Bertz CT molecular complexity index is 665. The van der Waals surface area contributed by atoms with E-state index in [1.165, 1.54) is 5.56 Å². The van der Waals surface area contributed by atoms with Gasteiger partial charge in [-0.3, -0.25) is 0 Å². The lowest BCUT2D eigenvalue weighted by molar-refractivity contribution is 0.354. The molecule has 1 heterocycles. The van der Waals surface area contributed by atoms with Gasteiger partial charge in [0.2, 0.25) is 0 Å². The van der Waals surface area contributed by atoms with E-state index in [1.54, 1.807) is 32.5 Å². The van der Waals surface area contributed by atoms with Crippen LogP contribution in [0.3, 0.4) is 0 Å². The highest BCUT2D eigenvalue weighted by atomic mass is 16.5. The van der Waals surface area contributed by atoms with Crippen molar-refractivity contribution in [1.82, 2.24) is 4.98 Å². The number of benzene rings is 1. The molecule has 0 fully saturated rings. The lowest BCUT2D eigenvalue weighted by atomic mass is 10.1. The Morgan fingerprint density at radius 3 is 2.73 bits per heavy atom. The van der Waals surface area contributed by atoms with Crippen molar-refractivity contribution in [3.63, 3.8) is 0 Å². The van der Waals surface area contributed by atoms with Crippen LogP contribution >= 0.6 is 0 Å². The minimum absolute atomic E-state index is 0.564. The minimum atomic E-state index is 0.564. The van der Waals surface area contributed by atoms with Gasteiger partial charge < -0.3 is 14.8 Å². The summed E-state index contributed by atoms with van der Waals surface area (Å²) >= 11 is 0. The number of hydrogen-bond acceptors (Lipinski definition) is 5. The number of nitrogens with one attached hydrogen (secondary N) is 1. The van der Waals surface area contributed by atoms with Crippen molar-refractivity contribution in [1.29, 1.82) is 5.26 Å². The van der Waals surface area contributed by atoms with E-state index >= 15 is 0 Å². The molecule has 0 aliphatic carbocycles. The number of rotatable bonds is 7. The second-order valence-corrected chi connectivity index (χ2v) is 4.73. The van der Waals surface area contributed by atoms with Crippen LogP contribution in [0.2, 0.25) is 0 Å². The van der Waals surface area contributed by atoms with Gasteiger partial charge in [0.25, 0.3) is 0 Å². The van der Waals surface area contributed by atoms with Crippen LogP contribution in [0.15, 0.2) is 36.5 Å². The number of nitrogens with zero attached hydrogens (tertiary/aromatic N) is 2. The van der Waals surface area contributed by atoms with Gasteiger partial charge in [0, 0.05) is 12.7 Å². The smallest absolute Gasteiger partial charge is 0.160 e. The maximum absolute atomic E-state index is 9.00. The van der Waals surface area contributed by atoms with Gasteiger partial charge in [-0.15, -0.1) is 0 Å². The average Bonchev–Trinajstić information content (AvgIpc) is 2.58. The summed E-state index contributed by atoms with van der Waals surface area (Å²) in [5.41, 5.74) is 1.74. The first kappa shape index (κ1) is 15.6. The summed E-state index contributed by atoms with van der Waals surface area (Å²) in [6.45, 7) is 0.750. The maximum Gasteiger partial charge on any atom is 0.160 e. The number of methoxy groups -OCH3 is 2. The molecule has 0 amide bonds. The van der Waals surface area contributed by atoms with E-state index in [2.05, 4.69) is 16.4 Å². The number of nitriles is 1. The number of hydrogen-bond donors (Lipinski definition) is 1. The van der Waals surface area contributed by atoms with E-state index in [-0.39, 0.29) is 0 Å². The fourth-order valence-electron chi connectivity index (χ4n) is 2.17.